The van der Waals surface area contributed by atoms with E-state index in [0.29, 0.717) is 23.1 Å². The van der Waals surface area contributed by atoms with Gasteiger partial charge in [0, 0.05) is 46.6 Å². The van der Waals surface area contributed by atoms with Crippen molar-refractivity contribution in [3.63, 3.8) is 0 Å². The topological polar surface area (TPSA) is 139 Å². The summed E-state index contributed by atoms with van der Waals surface area (Å²) in [6, 6.07) is 20.6. The largest absolute Gasteiger partial charge is 0.494 e. The molecule has 1 aliphatic heterocycles. The molecule has 0 saturated carbocycles. The molecule has 1 fully saturated rings. The van der Waals surface area contributed by atoms with Gasteiger partial charge in [-0.2, -0.15) is 0 Å². The Labute approximate surface area is 266 Å². The van der Waals surface area contributed by atoms with Gasteiger partial charge in [-0.05, 0) is 99.6 Å². The Kier molecular flexibility index (Phi) is 10.1. The van der Waals surface area contributed by atoms with Gasteiger partial charge in [0.1, 0.15) is 12.1 Å². The molecule has 6 rings (SSSR count). The van der Waals surface area contributed by atoms with Gasteiger partial charge in [-0.1, -0.05) is 6.07 Å². The molecule has 13 heteroatoms. The summed E-state index contributed by atoms with van der Waals surface area (Å²) in [6.45, 7) is 3.11. The van der Waals surface area contributed by atoms with Crippen molar-refractivity contribution in [3.8, 4) is 17.0 Å². The molecule has 3 aromatic carbocycles. The molecule has 0 radical (unpaired) electrons. The van der Waals surface area contributed by atoms with Crippen LogP contribution in [0.15, 0.2) is 90.2 Å². The minimum absolute atomic E-state index is 0.0275. The standard InChI is InChI=1S/C32H33FN6O3S.CH2O2/c1-38-14-11-22(12-15-38)20-39-16-13-24-17-23(3-9-30(24)39)29-19-32(35-21-34-29)36-25-4-6-26(7-5-25)37-43(40,41)27-8-10-31(42-2)28(33)18-27;2-1-3/h3-10,13,16-19,21-22,37H,11-12,14-15,20H2,1-2H3,(H,34,35,36);1H,(H,2,3). The first-order chi connectivity index (χ1) is 22.2. The van der Waals surface area contributed by atoms with Crippen LogP contribution in [0.2, 0.25) is 0 Å². The summed E-state index contributed by atoms with van der Waals surface area (Å²) < 4.78 is 49.2. The van der Waals surface area contributed by atoms with E-state index >= 15 is 0 Å². The smallest absolute Gasteiger partial charge is 0.290 e. The third-order valence-corrected chi connectivity index (χ3v) is 9.25. The molecule has 2 aromatic heterocycles. The average molecular weight is 647 g/mol. The maximum atomic E-state index is 14.0. The summed E-state index contributed by atoms with van der Waals surface area (Å²) >= 11 is 0. The van der Waals surface area contributed by atoms with Crippen LogP contribution in [0.1, 0.15) is 12.8 Å². The molecule has 3 N–H and O–H groups in total. The summed E-state index contributed by atoms with van der Waals surface area (Å²) in [5.74, 6) is 0.525. The van der Waals surface area contributed by atoms with Gasteiger partial charge in [0.25, 0.3) is 16.5 Å². The molecule has 46 heavy (non-hydrogen) atoms. The molecule has 1 aliphatic rings. The molecule has 1 saturated heterocycles. The van der Waals surface area contributed by atoms with E-state index in [9.17, 15) is 12.8 Å². The van der Waals surface area contributed by atoms with Gasteiger partial charge in [-0.15, -0.1) is 0 Å². The molecular weight excluding hydrogens is 611 g/mol. The maximum absolute atomic E-state index is 14.0. The van der Waals surface area contributed by atoms with E-state index in [0.717, 1.165) is 37.0 Å². The van der Waals surface area contributed by atoms with Crippen LogP contribution >= 0.6 is 0 Å². The zero-order valence-corrected chi connectivity index (χ0v) is 26.2. The lowest BCUT2D eigenvalue weighted by molar-refractivity contribution is -0.122. The summed E-state index contributed by atoms with van der Waals surface area (Å²) in [5, 5.41) is 11.3. The first-order valence-electron chi connectivity index (χ1n) is 14.6. The SMILES string of the molecule is COc1ccc(S(=O)(=O)Nc2ccc(Nc3cc(-c4ccc5c(ccn5CC5CCN(C)CC5)c4)ncn3)cc2)cc1F.O=CO. The number of likely N-dealkylation sites (tertiary alicyclic amines) is 1. The lowest BCUT2D eigenvalue weighted by atomic mass is 9.97. The Morgan fingerprint density at radius 3 is 2.41 bits per heavy atom. The highest BCUT2D eigenvalue weighted by Crippen LogP contribution is 2.28. The number of fused-ring (bicyclic) bond motifs is 1. The Balaban J connectivity index is 0.00000134. The number of rotatable bonds is 9. The van der Waals surface area contributed by atoms with Gasteiger partial charge in [-0.3, -0.25) is 9.52 Å². The molecule has 5 aromatic rings. The van der Waals surface area contributed by atoms with Crippen LogP contribution in [0, 0.1) is 11.7 Å². The summed E-state index contributed by atoms with van der Waals surface area (Å²) in [5.41, 5.74) is 4.06. The van der Waals surface area contributed by atoms with E-state index in [-0.39, 0.29) is 17.1 Å². The molecule has 0 atom stereocenters. The Morgan fingerprint density at radius 1 is 1.00 bits per heavy atom. The molecule has 0 spiro atoms. The van der Waals surface area contributed by atoms with Crippen molar-refractivity contribution in [1.82, 2.24) is 19.4 Å². The number of sulfonamides is 1. The molecule has 240 valence electrons. The van der Waals surface area contributed by atoms with Crippen molar-refractivity contribution in [2.75, 3.05) is 37.3 Å². The number of benzene rings is 3. The maximum Gasteiger partial charge on any atom is 0.290 e. The van der Waals surface area contributed by atoms with E-state index in [1.54, 1.807) is 24.3 Å². The minimum Gasteiger partial charge on any atom is -0.494 e. The Hall–Kier alpha value is -5.01. The van der Waals surface area contributed by atoms with E-state index in [1.165, 1.54) is 49.3 Å². The van der Waals surface area contributed by atoms with Crippen LogP contribution in [0.3, 0.4) is 0 Å². The molecule has 0 aliphatic carbocycles. The van der Waals surface area contributed by atoms with Crippen LogP contribution in [0.5, 0.6) is 5.75 Å². The number of piperidine rings is 1. The minimum atomic E-state index is -3.98. The van der Waals surface area contributed by atoms with E-state index in [4.69, 9.17) is 14.6 Å². The molecular formula is C33H35FN6O5S. The predicted octanol–water partition coefficient (Wildman–Crippen LogP) is 5.83. The van der Waals surface area contributed by atoms with Crippen LogP contribution in [-0.2, 0) is 21.4 Å². The summed E-state index contributed by atoms with van der Waals surface area (Å²) in [4.78, 5) is 19.4. The molecule has 3 heterocycles. The molecule has 11 nitrogen and oxygen atoms in total. The van der Waals surface area contributed by atoms with Crippen molar-refractivity contribution < 1.29 is 27.4 Å². The van der Waals surface area contributed by atoms with Crippen molar-refractivity contribution in [2.45, 2.75) is 24.3 Å². The first kappa shape index (κ1) is 32.4. The number of nitrogens with zero attached hydrogens (tertiary/aromatic N) is 4. The zero-order valence-electron chi connectivity index (χ0n) is 25.4. The van der Waals surface area contributed by atoms with Gasteiger partial charge in [0.15, 0.2) is 11.6 Å². The third-order valence-electron chi connectivity index (χ3n) is 7.87. The number of hydrogen-bond acceptors (Lipinski definition) is 8. The van der Waals surface area contributed by atoms with Crippen LogP contribution in [-0.4, -0.2) is 66.7 Å². The fourth-order valence-corrected chi connectivity index (χ4v) is 6.49. The molecule has 0 bridgehead atoms. The quantitative estimate of drug-likeness (QED) is 0.169. The van der Waals surface area contributed by atoms with Crippen molar-refractivity contribution in [3.05, 3.63) is 91.1 Å². The van der Waals surface area contributed by atoms with Gasteiger partial charge in [-0.25, -0.2) is 22.8 Å². The van der Waals surface area contributed by atoms with Gasteiger partial charge in [0.2, 0.25) is 0 Å². The average Bonchev–Trinajstić information content (AvgIpc) is 3.45. The second-order valence-electron chi connectivity index (χ2n) is 11.0. The van der Waals surface area contributed by atoms with Crippen molar-refractivity contribution in [2.24, 2.45) is 5.92 Å². The van der Waals surface area contributed by atoms with Crippen LogP contribution < -0.4 is 14.8 Å². The number of nitrogens with one attached hydrogen (secondary N) is 2. The fraction of sp³-hybridized carbons (Fsp3) is 0.242. The number of hydrogen-bond donors (Lipinski definition) is 3. The summed E-state index contributed by atoms with van der Waals surface area (Å²) in [6.07, 6.45) is 6.16. The highest BCUT2D eigenvalue weighted by Gasteiger charge is 2.19. The highest BCUT2D eigenvalue weighted by molar-refractivity contribution is 7.92. The molecule has 0 amide bonds. The number of carbonyl (C=O) groups is 1. The predicted molar refractivity (Wildman–Crippen MR) is 175 cm³/mol. The monoisotopic (exact) mass is 646 g/mol. The van der Waals surface area contributed by atoms with E-state index in [2.05, 4.69) is 67.0 Å². The second kappa shape index (κ2) is 14.4. The Bertz CT molecular complexity index is 1910. The fourth-order valence-electron chi connectivity index (χ4n) is 5.42. The normalized spacial score (nSPS) is 13.9. The zero-order chi connectivity index (χ0) is 32.7. The number of carboxylic acid groups (broad SMARTS) is 1. The van der Waals surface area contributed by atoms with Gasteiger partial charge < -0.3 is 24.6 Å². The number of ether oxygens (including phenoxy) is 1. The number of anilines is 3. The lowest BCUT2D eigenvalue weighted by Gasteiger charge is -2.29. The number of methoxy groups -OCH3 is 1. The van der Waals surface area contributed by atoms with E-state index in [1.807, 2.05) is 6.07 Å². The summed E-state index contributed by atoms with van der Waals surface area (Å²) in [7, 11) is -0.475. The Morgan fingerprint density at radius 2 is 1.72 bits per heavy atom. The number of aromatic nitrogens is 3. The van der Waals surface area contributed by atoms with Crippen molar-refractivity contribution in [1.29, 1.82) is 0 Å². The van der Waals surface area contributed by atoms with E-state index < -0.39 is 15.8 Å². The first-order valence-corrected chi connectivity index (χ1v) is 16.1. The molecule has 0 unspecified atom stereocenters. The highest BCUT2D eigenvalue weighted by atomic mass is 32.2. The third kappa shape index (κ3) is 7.79. The second-order valence-corrected chi connectivity index (χ2v) is 12.7. The van der Waals surface area contributed by atoms with Crippen molar-refractivity contribution >= 4 is 44.6 Å². The van der Waals surface area contributed by atoms with Crippen LogP contribution in [0.4, 0.5) is 21.6 Å². The number of halogens is 1. The lowest BCUT2D eigenvalue weighted by Crippen LogP contribution is -2.31. The van der Waals surface area contributed by atoms with Gasteiger partial charge >= 0.3 is 0 Å². The van der Waals surface area contributed by atoms with Crippen LogP contribution in [0.25, 0.3) is 22.2 Å². The van der Waals surface area contributed by atoms with Gasteiger partial charge in [0.05, 0.1) is 17.7 Å².